The first-order valence-corrected chi connectivity index (χ1v) is 10.4. The third-order valence-corrected chi connectivity index (χ3v) is 6.28. The zero-order chi connectivity index (χ0) is 18.6. The smallest absolute Gasteiger partial charge is 0.240 e. The second-order valence-electron chi connectivity index (χ2n) is 6.56. The number of carbonyl (C=O) groups is 1. The van der Waals surface area contributed by atoms with Gasteiger partial charge < -0.3 is 5.32 Å². The number of amides is 1. The van der Waals surface area contributed by atoms with Crippen LogP contribution in [0.2, 0.25) is 0 Å². The van der Waals surface area contributed by atoms with E-state index in [1.807, 2.05) is 12.1 Å². The molecular formula is C20H24N2O3S. The van der Waals surface area contributed by atoms with Crippen molar-refractivity contribution in [3.63, 3.8) is 0 Å². The number of hydrogen-bond donors (Lipinski definition) is 2. The predicted molar refractivity (Wildman–Crippen MR) is 101 cm³/mol. The highest BCUT2D eigenvalue weighted by molar-refractivity contribution is 7.89. The topological polar surface area (TPSA) is 75.3 Å². The second-order valence-corrected chi connectivity index (χ2v) is 8.45. The standard InChI is InChI=1S/C20H24N2O3S/c1-21-26(24,25)17-12-9-15(10-13-17)11-14-20(23)22-19-8-4-6-16-5-2-3-7-18(16)19/h2-3,5,7,9-10,12-13,19,21H,4,6,8,11,14H2,1H3,(H,22,23). The molecule has 0 fully saturated rings. The van der Waals surface area contributed by atoms with Crippen molar-refractivity contribution in [1.29, 1.82) is 0 Å². The van der Waals surface area contributed by atoms with Crippen LogP contribution in [-0.4, -0.2) is 21.4 Å². The Kier molecular flexibility index (Phi) is 5.74. The van der Waals surface area contributed by atoms with Crippen LogP contribution >= 0.6 is 0 Å². The van der Waals surface area contributed by atoms with E-state index in [1.165, 1.54) is 18.2 Å². The average Bonchev–Trinajstić information content (AvgIpc) is 2.67. The van der Waals surface area contributed by atoms with Gasteiger partial charge in [-0.25, -0.2) is 13.1 Å². The molecule has 26 heavy (non-hydrogen) atoms. The minimum atomic E-state index is -3.42. The van der Waals surface area contributed by atoms with E-state index in [2.05, 4.69) is 22.2 Å². The van der Waals surface area contributed by atoms with Gasteiger partial charge in [0.25, 0.3) is 0 Å². The largest absolute Gasteiger partial charge is 0.349 e. The van der Waals surface area contributed by atoms with Crippen LogP contribution < -0.4 is 10.0 Å². The Labute approximate surface area is 154 Å². The van der Waals surface area contributed by atoms with Crippen LogP contribution in [0.1, 0.15) is 42.0 Å². The lowest BCUT2D eigenvalue weighted by atomic mass is 9.87. The van der Waals surface area contributed by atoms with E-state index in [0.717, 1.165) is 24.8 Å². The number of benzene rings is 2. The summed E-state index contributed by atoms with van der Waals surface area (Å²) >= 11 is 0. The van der Waals surface area contributed by atoms with E-state index < -0.39 is 10.0 Å². The molecule has 1 aliphatic carbocycles. The molecule has 0 aromatic heterocycles. The predicted octanol–water partition coefficient (Wildman–Crippen LogP) is 2.72. The molecule has 0 aliphatic heterocycles. The Hall–Kier alpha value is -2.18. The molecule has 2 aromatic carbocycles. The van der Waals surface area contributed by atoms with E-state index in [0.29, 0.717) is 12.8 Å². The van der Waals surface area contributed by atoms with Crippen LogP contribution in [-0.2, 0) is 27.7 Å². The van der Waals surface area contributed by atoms with Gasteiger partial charge in [0.15, 0.2) is 0 Å². The van der Waals surface area contributed by atoms with E-state index in [9.17, 15) is 13.2 Å². The third-order valence-electron chi connectivity index (χ3n) is 4.85. The molecule has 2 aromatic rings. The van der Waals surface area contributed by atoms with Crippen molar-refractivity contribution in [2.24, 2.45) is 0 Å². The summed E-state index contributed by atoms with van der Waals surface area (Å²) in [5.74, 6) is 0.0265. The van der Waals surface area contributed by atoms with Crippen molar-refractivity contribution in [2.75, 3.05) is 7.05 Å². The Morgan fingerprint density at radius 1 is 1.12 bits per heavy atom. The summed E-state index contributed by atoms with van der Waals surface area (Å²) in [4.78, 5) is 12.6. The summed E-state index contributed by atoms with van der Waals surface area (Å²) < 4.78 is 25.7. The number of nitrogens with one attached hydrogen (secondary N) is 2. The van der Waals surface area contributed by atoms with Gasteiger partial charge in [-0.15, -0.1) is 0 Å². The van der Waals surface area contributed by atoms with Crippen molar-refractivity contribution < 1.29 is 13.2 Å². The van der Waals surface area contributed by atoms with Gasteiger partial charge in [-0.3, -0.25) is 4.79 Å². The first-order chi connectivity index (χ1) is 12.5. The highest BCUT2D eigenvalue weighted by Crippen LogP contribution is 2.29. The minimum Gasteiger partial charge on any atom is -0.349 e. The normalized spacial score (nSPS) is 16.7. The van der Waals surface area contributed by atoms with Crippen LogP contribution in [0.15, 0.2) is 53.4 Å². The quantitative estimate of drug-likeness (QED) is 0.819. The molecule has 0 bridgehead atoms. The molecule has 0 saturated carbocycles. The summed E-state index contributed by atoms with van der Waals surface area (Å²) in [6, 6.07) is 15.0. The van der Waals surface area contributed by atoms with E-state index in [4.69, 9.17) is 0 Å². The number of aryl methyl sites for hydroxylation is 2. The molecule has 1 amide bonds. The lowest BCUT2D eigenvalue weighted by Crippen LogP contribution is -2.31. The first-order valence-electron chi connectivity index (χ1n) is 8.89. The molecule has 5 nitrogen and oxygen atoms in total. The fourth-order valence-corrected chi connectivity index (χ4v) is 4.11. The Bertz CT molecular complexity index is 876. The van der Waals surface area contributed by atoms with Crippen LogP contribution in [0.3, 0.4) is 0 Å². The fourth-order valence-electron chi connectivity index (χ4n) is 3.38. The highest BCUT2D eigenvalue weighted by atomic mass is 32.2. The van der Waals surface area contributed by atoms with Crippen molar-refractivity contribution in [3.8, 4) is 0 Å². The number of hydrogen-bond acceptors (Lipinski definition) is 3. The van der Waals surface area contributed by atoms with Crippen LogP contribution in [0.4, 0.5) is 0 Å². The van der Waals surface area contributed by atoms with Gasteiger partial charge in [-0.05, 0) is 61.6 Å². The van der Waals surface area contributed by atoms with Gasteiger partial charge in [0.2, 0.25) is 15.9 Å². The number of sulfonamides is 1. The lowest BCUT2D eigenvalue weighted by molar-refractivity contribution is -0.121. The molecule has 0 radical (unpaired) electrons. The van der Waals surface area contributed by atoms with Crippen molar-refractivity contribution in [1.82, 2.24) is 10.0 Å². The molecule has 1 aliphatic rings. The number of fused-ring (bicyclic) bond motifs is 1. The molecule has 1 unspecified atom stereocenters. The molecule has 6 heteroatoms. The fraction of sp³-hybridized carbons (Fsp3) is 0.350. The van der Waals surface area contributed by atoms with Crippen LogP contribution in [0.25, 0.3) is 0 Å². The number of rotatable bonds is 6. The van der Waals surface area contributed by atoms with Gasteiger partial charge in [0.1, 0.15) is 0 Å². The Morgan fingerprint density at radius 2 is 1.85 bits per heavy atom. The van der Waals surface area contributed by atoms with Gasteiger partial charge in [0, 0.05) is 6.42 Å². The van der Waals surface area contributed by atoms with Crippen molar-refractivity contribution in [2.45, 2.75) is 43.0 Å². The zero-order valence-corrected chi connectivity index (χ0v) is 15.7. The molecule has 3 rings (SSSR count). The van der Waals surface area contributed by atoms with Gasteiger partial charge >= 0.3 is 0 Å². The van der Waals surface area contributed by atoms with Gasteiger partial charge in [-0.2, -0.15) is 0 Å². The van der Waals surface area contributed by atoms with Crippen molar-refractivity contribution in [3.05, 3.63) is 65.2 Å². The van der Waals surface area contributed by atoms with Gasteiger partial charge in [0.05, 0.1) is 10.9 Å². The number of carbonyl (C=O) groups excluding carboxylic acids is 1. The maximum atomic E-state index is 12.3. The monoisotopic (exact) mass is 372 g/mol. The molecule has 1 atom stereocenters. The molecule has 0 spiro atoms. The third kappa shape index (κ3) is 4.31. The lowest BCUT2D eigenvalue weighted by Gasteiger charge is -2.26. The summed E-state index contributed by atoms with van der Waals surface area (Å²) in [5.41, 5.74) is 3.50. The first kappa shape index (κ1) is 18.6. The zero-order valence-electron chi connectivity index (χ0n) is 14.9. The summed E-state index contributed by atoms with van der Waals surface area (Å²) in [6.07, 6.45) is 4.10. The van der Waals surface area contributed by atoms with E-state index in [1.54, 1.807) is 24.3 Å². The Balaban J connectivity index is 1.57. The maximum absolute atomic E-state index is 12.3. The molecule has 0 heterocycles. The van der Waals surface area contributed by atoms with Crippen LogP contribution in [0, 0.1) is 0 Å². The summed E-state index contributed by atoms with van der Waals surface area (Å²) in [7, 11) is -2.04. The second kappa shape index (κ2) is 8.01. The van der Waals surface area contributed by atoms with E-state index >= 15 is 0 Å². The molecule has 0 saturated heterocycles. The van der Waals surface area contributed by atoms with Crippen molar-refractivity contribution >= 4 is 15.9 Å². The summed E-state index contributed by atoms with van der Waals surface area (Å²) in [5, 5.41) is 3.15. The minimum absolute atomic E-state index is 0.0265. The van der Waals surface area contributed by atoms with Gasteiger partial charge in [-0.1, -0.05) is 36.4 Å². The highest BCUT2D eigenvalue weighted by Gasteiger charge is 2.21. The van der Waals surface area contributed by atoms with E-state index in [-0.39, 0.29) is 16.8 Å². The van der Waals surface area contributed by atoms with Crippen LogP contribution in [0.5, 0.6) is 0 Å². The molecule has 2 N–H and O–H groups in total. The Morgan fingerprint density at radius 3 is 2.58 bits per heavy atom. The average molecular weight is 372 g/mol. The molecular weight excluding hydrogens is 348 g/mol. The maximum Gasteiger partial charge on any atom is 0.240 e. The molecule has 138 valence electrons. The summed E-state index contributed by atoms with van der Waals surface area (Å²) in [6.45, 7) is 0. The SMILES string of the molecule is CNS(=O)(=O)c1ccc(CCC(=O)NC2CCCc3ccccc32)cc1.